The molecule has 4 nitrogen and oxygen atoms in total. The summed E-state index contributed by atoms with van der Waals surface area (Å²) < 4.78 is 54.3. The van der Waals surface area contributed by atoms with Crippen molar-refractivity contribution in [3.05, 3.63) is 64.7 Å². The van der Waals surface area contributed by atoms with Crippen LogP contribution in [0.1, 0.15) is 16.7 Å². The van der Waals surface area contributed by atoms with Gasteiger partial charge in [0.25, 0.3) is 0 Å². The van der Waals surface area contributed by atoms with Crippen LogP contribution >= 0.6 is 0 Å². The molecule has 1 aliphatic heterocycles. The Balaban J connectivity index is 1.67. The van der Waals surface area contributed by atoms with Crippen molar-refractivity contribution < 1.29 is 22.1 Å². The van der Waals surface area contributed by atoms with Crippen molar-refractivity contribution in [2.45, 2.75) is 25.3 Å². The number of hydrogen-bond donors (Lipinski definition) is 1. The third kappa shape index (κ3) is 3.79. The fourth-order valence-electron chi connectivity index (χ4n) is 3.20. The topological polar surface area (TPSA) is 41.8 Å². The molecule has 1 saturated heterocycles. The lowest BCUT2D eigenvalue weighted by Crippen LogP contribution is -3.13. The van der Waals surface area contributed by atoms with Crippen LogP contribution in [0.15, 0.2) is 41.3 Å². The van der Waals surface area contributed by atoms with Crippen LogP contribution in [-0.2, 0) is 16.6 Å². The molecule has 0 aliphatic carbocycles. The molecule has 0 amide bonds. The highest BCUT2D eigenvalue weighted by Gasteiger charge is 2.31. The summed E-state index contributed by atoms with van der Waals surface area (Å²) in [4.78, 5) is 1.35. The summed E-state index contributed by atoms with van der Waals surface area (Å²) >= 11 is 0. The van der Waals surface area contributed by atoms with Crippen LogP contribution in [0.5, 0.6) is 0 Å². The van der Waals surface area contributed by atoms with Crippen molar-refractivity contribution in [1.82, 2.24) is 4.31 Å². The Morgan fingerprint density at radius 3 is 2.38 bits per heavy atom. The van der Waals surface area contributed by atoms with E-state index < -0.39 is 21.7 Å². The van der Waals surface area contributed by atoms with E-state index in [1.54, 1.807) is 18.2 Å². The third-order valence-electron chi connectivity index (χ3n) is 5.02. The Morgan fingerprint density at radius 2 is 1.73 bits per heavy atom. The molecule has 0 spiro atoms. The van der Waals surface area contributed by atoms with Gasteiger partial charge in [-0.15, -0.1) is 0 Å². The lowest BCUT2D eigenvalue weighted by molar-refractivity contribution is -0.917. The number of halogens is 2. The van der Waals surface area contributed by atoms with E-state index in [4.69, 9.17) is 0 Å². The fourth-order valence-corrected chi connectivity index (χ4v) is 4.72. The third-order valence-corrected chi connectivity index (χ3v) is 6.91. The first-order chi connectivity index (χ1) is 12.3. The molecule has 0 radical (unpaired) electrons. The number of nitrogens with zero attached hydrogens (tertiary/aromatic N) is 1. The molecule has 1 fully saturated rings. The summed E-state index contributed by atoms with van der Waals surface area (Å²) in [7, 11) is -3.53. The molecule has 2 aromatic rings. The predicted octanol–water partition coefficient (Wildman–Crippen LogP) is 1.67. The zero-order valence-corrected chi connectivity index (χ0v) is 15.7. The van der Waals surface area contributed by atoms with Crippen molar-refractivity contribution in [2.75, 3.05) is 26.2 Å². The highest BCUT2D eigenvalue weighted by Crippen LogP contribution is 2.19. The summed E-state index contributed by atoms with van der Waals surface area (Å²) in [6.07, 6.45) is 0. The minimum absolute atomic E-state index is 0.306. The summed E-state index contributed by atoms with van der Waals surface area (Å²) in [5.74, 6) is -1.66. The Bertz CT molecular complexity index is 908. The Morgan fingerprint density at radius 1 is 1.04 bits per heavy atom. The van der Waals surface area contributed by atoms with Crippen LogP contribution in [0.4, 0.5) is 8.78 Å². The molecule has 140 valence electrons. The quantitative estimate of drug-likeness (QED) is 0.876. The van der Waals surface area contributed by atoms with Crippen molar-refractivity contribution in [1.29, 1.82) is 0 Å². The first-order valence-corrected chi connectivity index (χ1v) is 10.1. The van der Waals surface area contributed by atoms with Crippen LogP contribution in [0.2, 0.25) is 0 Å². The number of hydrogen-bond acceptors (Lipinski definition) is 2. The minimum atomic E-state index is -3.53. The van der Waals surface area contributed by atoms with E-state index in [0.717, 1.165) is 22.1 Å². The van der Waals surface area contributed by atoms with Crippen LogP contribution in [0.3, 0.4) is 0 Å². The van der Waals surface area contributed by atoms with Crippen LogP contribution < -0.4 is 4.90 Å². The van der Waals surface area contributed by atoms with Gasteiger partial charge in [0.2, 0.25) is 10.0 Å². The first kappa shape index (κ1) is 18.9. The molecular weight excluding hydrogens is 358 g/mol. The highest BCUT2D eigenvalue weighted by molar-refractivity contribution is 7.89. The number of rotatable bonds is 4. The maximum absolute atomic E-state index is 13.8. The second kappa shape index (κ2) is 7.42. The molecule has 1 heterocycles. The van der Waals surface area contributed by atoms with Gasteiger partial charge in [0.1, 0.15) is 6.54 Å². The van der Waals surface area contributed by atoms with Gasteiger partial charge in [-0.25, -0.2) is 17.2 Å². The summed E-state index contributed by atoms with van der Waals surface area (Å²) in [5, 5.41) is 0. The number of aryl methyl sites for hydroxylation is 2. The van der Waals surface area contributed by atoms with E-state index in [1.165, 1.54) is 10.4 Å². The fraction of sp³-hybridized carbons (Fsp3) is 0.368. The molecular formula is C19H23F2N2O2S+. The van der Waals surface area contributed by atoms with Gasteiger partial charge in [0, 0.05) is 5.56 Å². The van der Waals surface area contributed by atoms with E-state index >= 15 is 0 Å². The van der Waals surface area contributed by atoms with Gasteiger partial charge in [-0.05, 0) is 43.2 Å². The normalized spacial score (nSPS) is 16.8. The average Bonchev–Trinajstić information content (AvgIpc) is 2.62. The molecule has 1 N–H and O–H groups in total. The van der Waals surface area contributed by atoms with E-state index in [-0.39, 0.29) is 0 Å². The smallest absolute Gasteiger partial charge is 0.243 e. The SMILES string of the molecule is Cc1ccc(S(=O)(=O)N2CC[NH+](Cc3cccc(F)c3F)CC2)cc1C. The lowest BCUT2D eigenvalue weighted by atomic mass is 10.1. The predicted molar refractivity (Wildman–Crippen MR) is 95.4 cm³/mol. The van der Waals surface area contributed by atoms with Crippen molar-refractivity contribution in [3.8, 4) is 0 Å². The maximum Gasteiger partial charge on any atom is 0.243 e. The molecule has 7 heteroatoms. The number of piperazine rings is 1. The number of quaternary nitrogens is 1. The van der Waals surface area contributed by atoms with Gasteiger partial charge in [0.15, 0.2) is 11.6 Å². The maximum atomic E-state index is 13.8. The summed E-state index contributed by atoms with van der Waals surface area (Å²) in [6, 6.07) is 9.32. The Kier molecular flexibility index (Phi) is 5.41. The molecule has 1 aliphatic rings. The van der Waals surface area contributed by atoms with E-state index in [1.807, 2.05) is 19.9 Å². The van der Waals surface area contributed by atoms with Crippen molar-refractivity contribution >= 4 is 10.0 Å². The van der Waals surface area contributed by atoms with E-state index in [2.05, 4.69) is 0 Å². The van der Waals surface area contributed by atoms with Crippen LogP contribution in [-0.4, -0.2) is 38.9 Å². The van der Waals surface area contributed by atoms with Gasteiger partial charge >= 0.3 is 0 Å². The second-order valence-corrected chi connectivity index (χ2v) is 8.73. The first-order valence-electron chi connectivity index (χ1n) is 8.63. The zero-order chi connectivity index (χ0) is 18.9. The molecule has 2 aromatic carbocycles. The molecule has 0 saturated carbocycles. The molecule has 0 unspecified atom stereocenters. The standard InChI is InChI=1S/C19H22F2N2O2S/c1-14-6-7-17(12-15(14)2)26(24,25)23-10-8-22(9-11-23)13-16-4-3-5-18(20)19(16)21/h3-7,12H,8-11,13H2,1-2H3/p+1. The summed E-state index contributed by atoms with van der Waals surface area (Å²) in [5.41, 5.74) is 2.32. The van der Waals surface area contributed by atoms with Gasteiger partial charge in [0.05, 0.1) is 31.1 Å². The van der Waals surface area contributed by atoms with Gasteiger partial charge in [-0.2, -0.15) is 4.31 Å². The van der Waals surface area contributed by atoms with E-state index in [9.17, 15) is 17.2 Å². The second-order valence-electron chi connectivity index (χ2n) is 6.79. The molecule has 0 bridgehead atoms. The molecule has 0 atom stereocenters. The minimum Gasteiger partial charge on any atom is -0.329 e. The highest BCUT2D eigenvalue weighted by atomic mass is 32.2. The van der Waals surface area contributed by atoms with Gasteiger partial charge in [-0.1, -0.05) is 18.2 Å². The van der Waals surface area contributed by atoms with Crippen molar-refractivity contribution in [2.24, 2.45) is 0 Å². The Labute approximate surface area is 153 Å². The molecule has 0 aromatic heterocycles. The van der Waals surface area contributed by atoms with Gasteiger partial charge in [-0.3, -0.25) is 0 Å². The number of nitrogens with one attached hydrogen (secondary N) is 1. The Hall–Kier alpha value is -1.83. The lowest BCUT2D eigenvalue weighted by Gasteiger charge is -2.31. The summed E-state index contributed by atoms with van der Waals surface area (Å²) in [6.45, 7) is 6.02. The van der Waals surface area contributed by atoms with E-state index in [0.29, 0.717) is 43.2 Å². The molecule has 26 heavy (non-hydrogen) atoms. The largest absolute Gasteiger partial charge is 0.329 e. The number of sulfonamides is 1. The van der Waals surface area contributed by atoms with Crippen molar-refractivity contribution in [3.63, 3.8) is 0 Å². The zero-order valence-electron chi connectivity index (χ0n) is 14.9. The van der Waals surface area contributed by atoms with Crippen LogP contribution in [0.25, 0.3) is 0 Å². The monoisotopic (exact) mass is 381 g/mol. The van der Waals surface area contributed by atoms with Crippen LogP contribution in [0, 0.1) is 25.5 Å². The average molecular weight is 381 g/mol. The van der Waals surface area contributed by atoms with Gasteiger partial charge < -0.3 is 4.90 Å². The molecule has 3 rings (SSSR count). The number of benzene rings is 2.